The topological polar surface area (TPSA) is 58.2 Å². The van der Waals surface area contributed by atoms with Crippen molar-refractivity contribution in [2.45, 2.75) is 24.8 Å². The molecule has 2 aromatic rings. The van der Waals surface area contributed by atoms with Gasteiger partial charge in [-0.3, -0.25) is 9.59 Å². The molecule has 4 nitrogen and oxygen atoms in total. The van der Waals surface area contributed by atoms with E-state index in [4.69, 9.17) is 0 Å². The smallest absolute Gasteiger partial charge is 0.251 e. The Labute approximate surface area is 147 Å². The quantitative estimate of drug-likeness (QED) is 0.601. The number of nitrogens with one attached hydrogen (secondary N) is 2. The molecule has 126 valence electrons. The van der Waals surface area contributed by atoms with Crippen LogP contribution in [0.2, 0.25) is 0 Å². The number of aryl methyl sites for hydroxylation is 1. The molecule has 0 aliphatic carbocycles. The van der Waals surface area contributed by atoms with Crippen molar-refractivity contribution in [3.05, 3.63) is 65.7 Å². The predicted molar refractivity (Wildman–Crippen MR) is 98.3 cm³/mol. The molecular formula is C19H22N2O2S. The number of benzene rings is 2. The van der Waals surface area contributed by atoms with E-state index >= 15 is 0 Å². The van der Waals surface area contributed by atoms with Crippen LogP contribution in [0.4, 0.5) is 0 Å². The maximum absolute atomic E-state index is 12.0. The van der Waals surface area contributed by atoms with Crippen molar-refractivity contribution in [2.75, 3.05) is 12.3 Å². The number of rotatable bonds is 7. The highest BCUT2D eigenvalue weighted by atomic mass is 32.2. The summed E-state index contributed by atoms with van der Waals surface area (Å²) in [4.78, 5) is 25.2. The van der Waals surface area contributed by atoms with Crippen molar-refractivity contribution in [3.63, 3.8) is 0 Å². The number of hydrogen-bond acceptors (Lipinski definition) is 3. The largest absolute Gasteiger partial charge is 0.353 e. The lowest BCUT2D eigenvalue weighted by Gasteiger charge is -2.14. The molecule has 0 bridgehead atoms. The van der Waals surface area contributed by atoms with Gasteiger partial charge in [-0.05, 0) is 38.1 Å². The van der Waals surface area contributed by atoms with Gasteiger partial charge < -0.3 is 10.6 Å². The average molecular weight is 342 g/mol. The summed E-state index contributed by atoms with van der Waals surface area (Å²) in [5.74, 6) is 0.366. The molecule has 0 saturated carbocycles. The van der Waals surface area contributed by atoms with Crippen molar-refractivity contribution < 1.29 is 9.59 Å². The molecule has 0 aliphatic heterocycles. The monoisotopic (exact) mass is 342 g/mol. The molecule has 2 amide bonds. The minimum absolute atomic E-state index is 0.177. The highest BCUT2D eigenvalue weighted by molar-refractivity contribution is 7.99. The van der Waals surface area contributed by atoms with Crippen LogP contribution < -0.4 is 10.6 Å². The Morgan fingerprint density at radius 1 is 1.04 bits per heavy atom. The summed E-state index contributed by atoms with van der Waals surface area (Å²) in [6.07, 6.45) is 0. The van der Waals surface area contributed by atoms with Crippen molar-refractivity contribution in [1.29, 1.82) is 0 Å². The van der Waals surface area contributed by atoms with E-state index in [2.05, 4.69) is 41.8 Å². The van der Waals surface area contributed by atoms with Crippen LogP contribution in [0.1, 0.15) is 22.8 Å². The highest BCUT2D eigenvalue weighted by Crippen LogP contribution is 2.17. The third kappa shape index (κ3) is 5.74. The van der Waals surface area contributed by atoms with E-state index in [0.29, 0.717) is 12.1 Å². The summed E-state index contributed by atoms with van der Waals surface area (Å²) in [6, 6.07) is 16.6. The molecule has 0 aliphatic rings. The molecule has 0 radical (unpaired) electrons. The van der Waals surface area contributed by atoms with Crippen LogP contribution in [0.15, 0.2) is 59.5 Å². The van der Waals surface area contributed by atoms with Crippen LogP contribution in [0.25, 0.3) is 0 Å². The highest BCUT2D eigenvalue weighted by Gasteiger charge is 2.15. The Hall–Kier alpha value is -2.27. The maximum atomic E-state index is 12.0. The maximum Gasteiger partial charge on any atom is 0.251 e. The lowest BCUT2D eigenvalue weighted by Crippen LogP contribution is -2.45. The second-order valence-electron chi connectivity index (χ2n) is 5.51. The van der Waals surface area contributed by atoms with Crippen molar-refractivity contribution in [3.8, 4) is 0 Å². The number of thioether (sulfide) groups is 1. The van der Waals surface area contributed by atoms with Crippen LogP contribution in [0.3, 0.4) is 0 Å². The third-order valence-electron chi connectivity index (χ3n) is 3.47. The van der Waals surface area contributed by atoms with Crippen LogP contribution in [0.5, 0.6) is 0 Å². The molecule has 0 aromatic heterocycles. The molecule has 1 atom stereocenters. The van der Waals surface area contributed by atoms with Crippen LogP contribution >= 0.6 is 11.8 Å². The van der Waals surface area contributed by atoms with Gasteiger partial charge in [-0.15, -0.1) is 11.8 Å². The van der Waals surface area contributed by atoms with Gasteiger partial charge in [0.15, 0.2) is 0 Å². The molecule has 0 spiro atoms. The van der Waals surface area contributed by atoms with Gasteiger partial charge in [-0.25, -0.2) is 0 Å². The first-order valence-corrected chi connectivity index (χ1v) is 8.88. The van der Waals surface area contributed by atoms with Gasteiger partial charge in [0.25, 0.3) is 5.91 Å². The minimum Gasteiger partial charge on any atom is -0.353 e. The molecule has 0 saturated heterocycles. The third-order valence-corrected chi connectivity index (χ3v) is 4.48. The van der Waals surface area contributed by atoms with E-state index in [1.165, 1.54) is 10.5 Å². The lowest BCUT2D eigenvalue weighted by atomic mass is 10.2. The minimum atomic E-state index is -0.568. The van der Waals surface area contributed by atoms with E-state index in [0.717, 1.165) is 5.75 Å². The second-order valence-corrected chi connectivity index (χ2v) is 6.68. The van der Waals surface area contributed by atoms with Gasteiger partial charge in [0, 0.05) is 22.8 Å². The van der Waals surface area contributed by atoms with E-state index in [1.807, 2.05) is 6.07 Å². The van der Waals surface area contributed by atoms with E-state index < -0.39 is 6.04 Å². The normalized spacial score (nSPS) is 11.6. The number of carbonyl (C=O) groups is 2. The van der Waals surface area contributed by atoms with Crippen LogP contribution in [-0.2, 0) is 4.79 Å². The van der Waals surface area contributed by atoms with E-state index in [9.17, 15) is 9.59 Å². The summed E-state index contributed by atoms with van der Waals surface area (Å²) in [5.41, 5.74) is 1.78. The Morgan fingerprint density at radius 2 is 1.71 bits per heavy atom. The molecule has 2 rings (SSSR count). The van der Waals surface area contributed by atoms with Crippen LogP contribution in [0, 0.1) is 6.92 Å². The van der Waals surface area contributed by atoms with Crippen molar-refractivity contribution in [2.24, 2.45) is 0 Å². The number of amides is 2. The Kier molecular flexibility index (Phi) is 6.88. The Morgan fingerprint density at radius 3 is 2.38 bits per heavy atom. The fourth-order valence-electron chi connectivity index (χ4n) is 2.07. The first-order chi connectivity index (χ1) is 11.6. The fourth-order valence-corrected chi connectivity index (χ4v) is 2.83. The summed E-state index contributed by atoms with van der Waals surface area (Å²) in [6.45, 7) is 4.30. The van der Waals surface area contributed by atoms with Gasteiger partial charge in [0.1, 0.15) is 6.04 Å². The van der Waals surface area contributed by atoms with Gasteiger partial charge in [0.2, 0.25) is 5.91 Å². The first-order valence-electron chi connectivity index (χ1n) is 7.89. The average Bonchev–Trinajstić information content (AvgIpc) is 2.60. The van der Waals surface area contributed by atoms with Gasteiger partial charge >= 0.3 is 0 Å². The van der Waals surface area contributed by atoms with Crippen LogP contribution in [-0.4, -0.2) is 30.2 Å². The summed E-state index contributed by atoms with van der Waals surface area (Å²) in [7, 11) is 0. The van der Waals surface area contributed by atoms with Gasteiger partial charge in [-0.2, -0.15) is 0 Å². The Bertz CT molecular complexity index is 672. The van der Waals surface area contributed by atoms with Gasteiger partial charge in [-0.1, -0.05) is 35.9 Å². The summed E-state index contributed by atoms with van der Waals surface area (Å²) < 4.78 is 0. The fraction of sp³-hybridized carbons (Fsp3) is 0.263. The zero-order valence-electron chi connectivity index (χ0n) is 13.9. The van der Waals surface area contributed by atoms with Gasteiger partial charge in [0.05, 0.1) is 0 Å². The molecular weight excluding hydrogens is 320 g/mol. The molecule has 24 heavy (non-hydrogen) atoms. The SMILES string of the molecule is Cc1ccc(SCCNC(=O)C(C)NC(=O)c2ccccc2)cc1. The molecule has 2 aromatic carbocycles. The standard InChI is InChI=1S/C19H22N2O2S/c1-14-8-10-17(11-9-14)24-13-12-20-18(22)15(2)21-19(23)16-6-4-3-5-7-16/h3-11,15H,12-13H2,1-2H3,(H,20,22)(H,21,23). The predicted octanol–water partition coefficient (Wildman–Crippen LogP) is 3.02. The number of hydrogen-bond donors (Lipinski definition) is 2. The summed E-state index contributed by atoms with van der Waals surface area (Å²) >= 11 is 1.69. The lowest BCUT2D eigenvalue weighted by molar-refractivity contribution is -0.122. The molecule has 0 heterocycles. The number of carbonyl (C=O) groups excluding carboxylic acids is 2. The molecule has 2 N–H and O–H groups in total. The van der Waals surface area contributed by atoms with E-state index in [1.54, 1.807) is 43.0 Å². The van der Waals surface area contributed by atoms with E-state index in [-0.39, 0.29) is 11.8 Å². The zero-order chi connectivity index (χ0) is 17.4. The summed E-state index contributed by atoms with van der Waals surface area (Å²) in [5, 5.41) is 5.55. The molecule has 0 fully saturated rings. The second kappa shape index (κ2) is 9.13. The van der Waals surface area contributed by atoms with Crippen molar-refractivity contribution >= 4 is 23.6 Å². The first kappa shape index (κ1) is 18.1. The zero-order valence-corrected chi connectivity index (χ0v) is 14.7. The Balaban J connectivity index is 1.70. The van der Waals surface area contributed by atoms with Crippen molar-refractivity contribution in [1.82, 2.24) is 10.6 Å². The molecule has 5 heteroatoms. The molecule has 1 unspecified atom stereocenters.